The summed E-state index contributed by atoms with van der Waals surface area (Å²) >= 11 is 0. The van der Waals surface area contributed by atoms with Gasteiger partial charge in [0.25, 0.3) is 0 Å². The monoisotopic (exact) mass is 280 g/mol. The van der Waals surface area contributed by atoms with Crippen molar-refractivity contribution in [3.8, 4) is 5.75 Å². The third-order valence-corrected chi connectivity index (χ3v) is 3.02. The first-order valence-electron chi connectivity index (χ1n) is 6.96. The van der Waals surface area contributed by atoms with Crippen molar-refractivity contribution in [2.24, 2.45) is 0 Å². The van der Waals surface area contributed by atoms with Crippen molar-refractivity contribution in [1.29, 1.82) is 0 Å². The highest BCUT2D eigenvalue weighted by Crippen LogP contribution is 2.14. The molecule has 1 amide bonds. The number of rotatable bonds is 9. The van der Waals surface area contributed by atoms with Gasteiger partial charge in [-0.15, -0.1) is 0 Å². The number of hydrogen-bond donors (Lipinski definition) is 2. The average Bonchev–Trinajstić information content (AvgIpc) is 2.43. The highest BCUT2D eigenvalue weighted by atomic mass is 16.5. The Kier molecular flexibility index (Phi) is 7.50. The molecule has 1 rings (SSSR count). The molecule has 0 bridgehead atoms. The molecule has 0 atom stereocenters. The third kappa shape index (κ3) is 6.43. The topological polar surface area (TPSA) is 75.8 Å². The van der Waals surface area contributed by atoms with Gasteiger partial charge in [0.15, 0.2) is 0 Å². The molecule has 0 saturated carbocycles. The molecule has 3 N–H and O–H groups in total. The van der Waals surface area contributed by atoms with Crippen LogP contribution in [0.15, 0.2) is 24.3 Å². The fourth-order valence-corrected chi connectivity index (χ4v) is 1.81. The number of aliphatic hydroxyl groups is 1. The van der Waals surface area contributed by atoms with Crippen LogP contribution in [0.2, 0.25) is 0 Å². The lowest BCUT2D eigenvalue weighted by molar-refractivity contribution is -0.130. The number of benzene rings is 1. The van der Waals surface area contributed by atoms with Gasteiger partial charge < -0.3 is 20.5 Å². The summed E-state index contributed by atoms with van der Waals surface area (Å²) in [4.78, 5) is 13.5. The molecule has 112 valence electrons. The summed E-state index contributed by atoms with van der Waals surface area (Å²) in [5, 5.41) is 8.68. The summed E-state index contributed by atoms with van der Waals surface area (Å²) in [6, 6.07) is 7.17. The van der Waals surface area contributed by atoms with E-state index < -0.39 is 0 Å². The Morgan fingerprint density at radius 1 is 1.35 bits per heavy atom. The second kappa shape index (κ2) is 9.20. The third-order valence-electron chi connectivity index (χ3n) is 3.02. The van der Waals surface area contributed by atoms with Crippen LogP contribution in [0.3, 0.4) is 0 Å². The zero-order chi connectivity index (χ0) is 14.8. The summed E-state index contributed by atoms with van der Waals surface area (Å²) in [6.45, 7) is 1.28. The number of carbonyl (C=O) groups is 1. The van der Waals surface area contributed by atoms with E-state index in [1.54, 1.807) is 24.1 Å². The fraction of sp³-hybridized carbons (Fsp3) is 0.533. The Hall–Kier alpha value is -1.75. The Morgan fingerprint density at radius 3 is 2.85 bits per heavy atom. The Labute approximate surface area is 120 Å². The van der Waals surface area contributed by atoms with Crippen molar-refractivity contribution in [3.63, 3.8) is 0 Å². The second-order valence-corrected chi connectivity index (χ2v) is 4.77. The predicted octanol–water partition coefficient (Wildman–Crippen LogP) is 1.66. The molecule has 20 heavy (non-hydrogen) atoms. The number of anilines is 1. The standard InChI is InChI=1S/C15H24N2O3/c1-17(9-3-2-4-10-18)15(19)8-11-20-14-7-5-6-13(16)12-14/h5-7,12,18H,2-4,8-11,16H2,1H3. The smallest absolute Gasteiger partial charge is 0.225 e. The molecule has 0 unspecified atom stereocenters. The number of aliphatic hydroxyl groups excluding tert-OH is 1. The molecule has 0 spiro atoms. The first kappa shape index (κ1) is 16.3. The van der Waals surface area contributed by atoms with E-state index in [2.05, 4.69) is 0 Å². The van der Waals surface area contributed by atoms with Gasteiger partial charge in [-0.05, 0) is 31.4 Å². The van der Waals surface area contributed by atoms with Gasteiger partial charge in [0.1, 0.15) is 5.75 Å². The van der Waals surface area contributed by atoms with Gasteiger partial charge in [-0.2, -0.15) is 0 Å². The number of hydrogen-bond acceptors (Lipinski definition) is 4. The van der Waals surface area contributed by atoms with Crippen LogP contribution in [0.1, 0.15) is 25.7 Å². The first-order valence-corrected chi connectivity index (χ1v) is 6.96. The van der Waals surface area contributed by atoms with E-state index in [1.807, 2.05) is 12.1 Å². The molecular weight excluding hydrogens is 256 g/mol. The largest absolute Gasteiger partial charge is 0.493 e. The van der Waals surface area contributed by atoms with Crippen molar-refractivity contribution in [1.82, 2.24) is 4.90 Å². The highest BCUT2D eigenvalue weighted by Gasteiger charge is 2.08. The molecule has 0 radical (unpaired) electrons. The van der Waals surface area contributed by atoms with E-state index in [4.69, 9.17) is 15.6 Å². The van der Waals surface area contributed by atoms with E-state index in [9.17, 15) is 4.79 Å². The van der Waals surface area contributed by atoms with Crippen LogP contribution in [-0.2, 0) is 4.79 Å². The maximum absolute atomic E-state index is 11.8. The number of amides is 1. The van der Waals surface area contributed by atoms with Crippen molar-refractivity contribution in [3.05, 3.63) is 24.3 Å². The van der Waals surface area contributed by atoms with E-state index in [0.717, 1.165) is 25.8 Å². The van der Waals surface area contributed by atoms with Gasteiger partial charge in [0.2, 0.25) is 5.91 Å². The van der Waals surface area contributed by atoms with Crippen LogP contribution in [0.4, 0.5) is 5.69 Å². The highest BCUT2D eigenvalue weighted by molar-refractivity contribution is 5.75. The minimum atomic E-state index is 0.0675. The quantitative estimate of drug-likeness (QED) is 0.533. The SMILES string of the molecule is CN(CCCCCO)C(=O)CCOc1cccc(N)c1. The number of nitrogens with two attached hydrogens (primary N) is 1. The zero-order valence-corrected chi connectivity index (χ0v) is 12.0. The molecule has 0 aromatic heterocycles. The maximum Gasteiger partial charge on any atom is 0.225 e. The molecular formula is C15H24N2O3. The lowest BCUT2D eigenvalue weighted by atomic mass is 10.2. The summed E-state index contributed by atoms with van der Waals surface area (Å²) in [7, 11) is 1.79. The van der Waals surface area contributed by atoms with Crippen LogP contribution >= 0.6 is 0 Å². The van der Waals surface area contributed by atoms with Crippen molar-refractivity contribution in [2.45, 2.75) is 25.7 Å². The first-order chi connectivity index (χ1) is 9.63. The molecule has 5 heteroatoms. The van der Waals surface area contributed by atoms with Crippen molar-refractivity contribution >= 4 is 11.6 Å². The number of carbonyl (C=O) groups excluding carboxylic acids is 1. The predicted molar refractivity (Wildman–Crippen MR) is 79.5 cm³/mol. The molecule has 1 aromatic rings. The molecule has 1 aromatic carbocycles. The zero-order valence-electron chi connectivity index (χ0n) is 12.0. The van der Waals surface area contributed by atoms with E-state index in [0.29, 0.717) is 24.5 Å². The Balaban J connectivity index is 2.19. The minimum absolute atomic E-state index is 0.0675. The molecule has 0 saturated heterocycles. The molecule has 0 heterocycles. The summed E-state index contributed by atoms with van der Waals surface area (Å²) in [5.74, 6) is 0.751. The number of ether oxygens (including phenoxy) is 1. The van der Waals surface area contributed by atoms with Gasteiger partial charge in [0.05, 0.1) is 13.0 Å². The van der Waals surface area contributed by atoms with Crippen LogP contribution in [0, 0.1) is 0 Å². The maximum atomic E-state index is 11.8. The number of nitrogen functional groups attached to an aromatic ring is 1. The van der Waals surface area contributed by atoms with Gasteiger partial charge in [-0.3, -0.25) is 4.79 Å². The van der Waals surface area contributed by atoms with Crippen LogP contribution in [0.5, 0.6) is 5.75 Å². The van der Waals surface area contributed by atoms with E-state index in [-0.39, 0.29) is 12.5 Å². The molecule has 0 aliphatic carbocycles. The van der Waals surface area contributed by atoms with Crippen LogP contribution in [0.25, 0.3) is 0 Å². The number of nitrogens with zero attached hydrogens (tertiary/aromatic N) is 1. The van der Waals surface area contributed by atoms with Gasteiger partial charge in [-0.1, -0.05) is 6.07 Å². The average molecular weight is 280 g/mol. The lowest BCUT2D eigenvalue weighted by Crippen LogP contribution is -2.28. The normalized spacial score (nSPS) is 10.3. The van der Waals surface area contributed by atoms with Gasteiger partial charge in [-0.25, -0.2) is 0 Å². The summed E-state index contributed by atoms with van der Waals surface area (Å²) in [6.07, 6.45) is 3.00. The van der Waals surface area contributed by atoms with Crippen molar-refractivity contribution < 1.29 is 14.6 Å². The van der Waals surface area contributed by atoms with Gasteiger partial charge >= 0.3 is 0 Å². The summed E-state index contributed by atoms with van der Waals surface area (Å²) < 4.78 is 5.49. The molecule has 0 fully saturated rings. The minimum Gasteiger partial charge on any atom is -0.493 e. The Morgan fingerprint density at radius 2 is 2.15 bits per heavy atom. The summed E-state index contributed by atoms with van der Waals surface area (Å²) in [5.41, 5.74) is 6.29. The van der Waals surface area contributed by atoms with E-state index in [1.165, 1.54) is 0 Å². The molecule has 5 nitrogen and oxygen atoms in total. The molecule has 0 aliphatic heterocycles. The van der Waals surface area contributed by atoms with E-state index >= 15 is 0 Å². The Bertz CT molecular complexity index is 410. The second-order valence-electron chi connectivity index (χ2n) is 4.77. The van der Waals surface area contributed by atoms with Crippen LogP contribution in [-0.4, -0.2) is 42.7 Å². The number of unbranched alkanes of at least 4 members (excludes halogenated alkanes) is 2. The van der Waals surface area contributed by atoms with Crippen molar-refractivity contribution in [2.75, 3.05) is 32.5 Å². The van der Waals surface area contributed by atoms with Gasteiger partial charge in [0, 0.05) is 32.0 Å². The molecule has 0 aliphatic rings. The fourth-order valence-electron chi connectivity index (χ4n) is 1.81. The lowest BCUT2D eigenvalue weighted by Gasteiger charge is -2.17. The van der Waals surface area contributed by atoms with Crippen LogP contribution < -0.4 is 10.5 Å².